The number of amides is 1. The molecule has 5 heteroatoms. The third kappa shape index (κ3) is 3.66. The first-order chi connectivity index (χ1) is 6.93. The predicted molar refractivity (Wildman–Crippen MR) is 62.7 cm³/mol. The van der Waals surface area contributed by atoms with Crippen LogP contribution in [0.25, 0.3) is 0 Å². The summed E-state index contributed by atoms with van der Waals surface area (Å²) in [6.45, 7) is 4.67. The SMILES string of the molecule is CC1(C)CCSCC1NCC(O)C(N)=O. The van der Waals surface area contributed by atoms with Gasteiger partial charge in [-0.3, -0.25) is 4.79 Å². The quantitative estimate of drug-likeness (QED) is 0.635. The highest BCUT2D eigenvalue weighted by molar-refractivity contribution is 7.99. The average Bonchev–Trinajstić information content (AvgIpc) is 2.14. The number of nitrogens with two attached hydrogens (primary N) is 1. The van der Waals surface area contributed by atoms with E-state index in [-0.39, 0.29) is 12.0 Å². The molecule has 0 aliphatic carbocycles. The number of hydrogen-bond acceptors (Lipinski definition) is 4. The largest absolute Gasteiger partial charge is 0.382 e. The Kier molecular flexibility index (Phi) is 4.43. The van der Waals surface area contributed by atoms with Gasteiger partial charge in [-0.15, -0.1) is 0 Å². The minimum absolute atomic E-state index is 0.225. The second kappa shape index (κ2) is 5.18. The van der Waals surface area contributed by atoms with Gasteiger partial charge in [0.15, 0.2) is 0 Å². The van der Waals surface area contributed by atoms with E-state index in [9.17, 15) is 9.90 Å². The lowest BCUT2D eigenvalue weighted by Crippen LogP contribution is -2.50. The molecule has 2 unspecified atom stereocenters. The van der Waals surface area contributed by atoms with Gasteiger partial charge in [-0.25, -0.2) is 0 Å². The van der Waals surface area contributed by atoms with Gasteiger partial charge in [0, 0.05) is 18.3 Å². The average molecular weight is 232 g/mol. The summed E-state index contributed by atoms with van der Waals surface area (Å²) in [6, 6.07) is 0.338. The Labute approximate surface area is 95.0 Å². The van der Waals surface area contributed by atoms with Gasteiger partial charge in [0.25, 0.3) is 0 Å². The summed E-state index contributed by atoms with van der Waals surface area (Å²) in [5.74, 6) is 1.55. The summed E-state index contributed by atoms with van der Waals surface area (Å²) in [4.78, 5) is 10.7. The summed E-state index contributed by atoms with van der Waals surface area (Å²) >= 11 is 1.91. The topological polar surface area (TPSA) is 75.3 Å². The van der Waals surface area contributed by atoms with E-state index in [1.165, 1.54) is 5.75 Å². The predicted octanol–water partition coefficient (Wildman–Crippen LogP) is -0.0461. The van der Waals surface area contributed by atoms with Crippen molar-refractivity contribution in [1.82, 2.24) is 5.32 Å². The van der Waals surface area contributed by atoms with Crippen LogP contribution in [0.1, 0.15) is 20.3 Å². The zero-order valence-corrected chi connectivity index (χ0v) is 10.1. The molecule has 1 fully saturated rings. The molecule has 0 radical (unpaired) electrons. The van der Waals surface area contributed by atoms with Crippen molar-refractivity contribution in [3.8, 4) is 0 Å². The second-order valence-corrected chi connectivity index (χ2v) is 5.84. The molecule has 88 valence electrons. The van der Waals surface area contributed by atoms with Gasteiger partial charge in [0.1, 0.15) is 6.10 Å². The van der Waals surface area contributed by atoms with E-state index in [4.69, 9.17) is 5.73 Å². The molecular formula is C10H20N2O2S. The van der Waals surface area contributed by atoms with E-state index in [0.717, 1.165) is 12.2 Å². The highest BCUT2D eigenvalue weighted by Crippen LogP contribution is 2.33. The Morgan fingerprint density at radius 1 is 1.73 bits per heavy atom. The third-order valence-corrected chi connectivity index (χ3v) is 4.07. The number of hydrogen-bond donors (Lipinski definition) is 3. The maximum atomic E-state index is 10.7. The number of carbonyl (C=O) groups is 1. The summed E-state index contributed by atoms with van der Waals surface area (Å²) in [5.41, 5.74) is 5.21. The molecule has 1 aliphatic heterocycles. The number of thioether (sulfide) groups is 1. The van der Waals surface area contributed by atoms with Crippen molar-refractivity contribution < 1.29 is 9.90 Å². The summed E-state index contributed by atoms with van der Waals surface area (Å²) in [7, 11) is 0. The molecule has 1 amide bonds. The molecule has 15 heavy (non-hydrogen) atoms. The fourth-order valence-electron chi connectivity index (χ4n) is 1.63. The molecule has 1 heterocycles. The van der Waals surface area contributed by atoms with Gasteiger partial charge in [-0.2, -0.15) is 11.8 Å². The molecule has 0 spiro atoms. The van der Waals surface area contributed by atoms with Crippen LogP contribution < -0.4 is 11.1 Å². The van der Waals surface area contributed by atoms with Crippen molar-refractivity contribution >= 4 is 17.7 Å². The Bertz CT molecular complexity index is 233. The first-order valence-electron chi connectivity index (χ1n) is 5.22. The molecule has 0 saturated carbocycles. The van der Waals surface area contributed by atoms with E-state index in [2.05, 4.69) is 19.2 Å². The Balaban J connectivity index is 2.39. The molecular weight excluding hydrogens is 212 g/mol. The van der Waals surface area contributed by atoms with Crippen LogP contribution in [0.4, 0.5) is 0 Å². The molecule has 2 atom stereocenters. The lowest BCUT2D eigenvalue weighted by molar-refractivity contribution is -0.125. The lowest BCUT2D eigenvalue weighted by Gasteiger charge is -2.39. The maximum Gasteiger partial charge on any atom is 0.247 e. The van der Waals surface area contributed by atoms with Crippen molar-refractivity contribution in [2.75, 3.05) is 18.1 Å². The first kappa shape index (κ1) is 12.8. The number of primary amides is 1. The fourth-order valence-corrected chi connectivity index (χ4v) is 3.27. The molecule has 0 aromatic rings. The van der Waals surface area contributed by atoms with Crippen LogP contribution in [0, 0.1) is 5.41 Å². The normalized spacial score (nSPS) is 27.3. The van der Waals surface area contributed by atoms with Crippen molar-refractivity contribution in [1.29, 1.82) is 0 Å². The zero-order chi connectivity index (χ0) is 11.5. The van der Waals surface area contributed by atoms with Crippen LogP contribution in [0.2, 0.25) is 0 Å². The Morgan fingerprint density at radius 3 is 2.93 bits per heavy atom. The van der Waals surface area contributed by atoms with E-state index in [0.29, 0.717) is 6.04 Å². The van der Waals surface area contributed by atoms with Gasteiger partial charge in [0.05, 0.1) is 0 Å². The second-order valence-electron chi connectivity index (χ2n) is 4.69. The van der Waals surface area contributed by atoms with Gasteiger partial charge >= 0.3 is 0 Å². The Morgan fingerprint density at radius 2 is 2.40 bits per heavy atom. The van der Waals surface area contributed by atoms with Gasteiger partial charge in [-0.1, -0.05) is 13.8 Å². The van der Waals surface area contributed by atoms with Gasteiger partial charge in [0.2, 0.25) is 5.91 Å². The summed E-state index contributed by atoms with van der Waals surface area (Å²) < 4.78 is 0. The molecule has 1 aliphatic rings. The first-order valence-corrected chi connectivity index (χ1v) is 6.37. The Hall–Kier alpha value is -0.260. The van der Waals surface area contributed by atoms with E-state index in [1.54, 1.807) is 0 Å². The third-order valence-electron chi connectivity index (χ3n) is 3.00. The molecule has 1 saturated heterocycles. The van der Waals surface area contributed by atoms with Crippen LogP contribution in [-0.4, -0.2) is 41.2 Å². The van der Waals surface area contributed by atoms with Crippen molar-refractivity contribution in [3.63, 3.8) is 0 Å². The fraction of sp³-hybridized carbons (Fsp3) is 0.900. The van der Waals surface area contributed by atoms with Crippen molar-refractivity contribution in [2.24, 2.45) is 11.1 Å². The van der Waals surface area contributed by atoms with Crippen LogP contribution >= 0.6 is 11.8 Å². The van der Waals surface area contributed by atoms with Gasteiger partial charge in [-0.05, 0) is 17.6 Å². The minimum atomic E-state index is -1.08. The molecule has 0 aromatic heterocycles. The lowest BCUT2D eigenvalue weighted by atomic mass is 9.82. The number of carbonyl (C=O) groups excluding carboxylic acids is 1. The maximum absolute atomic E-state index is 10.7. The van der Waals surface area contributed by atoms with Gasteiger partial charge < -0.3 is 16.2 Å². The molecule has 1 rings (SSSR count). The number of aliphatic hydroxyl groups is 1. The number of rotatable bonds is 4. The summed E-state index contributed by atoms with van der Waals surface area (Å²) in [6.07, 6.45) is 0.0786. The molecule has 4 nitrogen and oxygen atoms in total. The zero-order valence-electron chi connectivity index (χ0n) is 9.32. The highest BCUT2D eigenvalue weighted by Gasteiger charge is 2.32. The number of aliphatic hydroxyl groups excluding tert-OH is 1. The standard InChI is InChI=1S/C10H20N2O2S/c1-10(2)3-4-15-6-8(10)12-5-7(13)9(11)14/h7-8,12-13H,3-6H2,1-2H3,(H2,11,14). The van der Waals surface area contributed by atoms with E-state index in [1.807, 2.05) is 11.8 Å². The van der Waals surface area contributed by atoms with E-state index >= 15 is 0 Å². The minimum Gasteiger partial charge on any atom is -0.382 e. The van der Waals surface area contributed by atoms with Crippen molar-refractivity contribution in [2.45, 2.75) is 32.4 Å². The summed E-state index contributed by atoms with van der Waals surface area (Å²) in [5, 5.41) is 12.5. The molecule has 0 bridgehead atoms. The molecule has 4 N–H and O–H groups in total. The van der Waals surface area contributed by atoms with Crippen LogP contribution in [-0.2, 0) is 4.79 Å². The van der Waals surface area contributed by atoms with E-state index < -0.39 is 12.0 Å². The van der Waals surface area contributed by atoms with Crippen LogP contribution in [0.3, 0.4) is 0 Å². The number of nitrogens with one attached hydrogen (secondary N) is 1. The van der Waals surface area contributed by atoms with Crippen LogP contribution in [0.5, 0.6) is 0 Å². The van der Waals surface area contributed by atoms with Crippen molar-refractivity contribution in [3.05, 3.63) is 0 Å². The highest BCUT2D eigenvalue weighted by atomic mass is 32.2. The molecule has 0 aromatic carbocycles. The van der Waals surface area contributed by atoms with Crippen LogP contribution in [0.15, 0.2) is 0 Å². The smallest absolute Gasteiger partial charge is 0.247 e. The monoisotopic (exact) mass is 232 g/mol.